The molecule has 7 nitrogen and oxygen atoms in total. The standard InChI is InChI=1S/C19H15N3O4/c23-19(15-12-18(26-22-15)16-7-4-10-24-16)20-9-8-14-11-17(25-21-14)13-5-2-1-3-6-13/h1-7,10-12H,8-9H2,(H,20,23). The monoisotopic (exact) mass is 349 g/mol. The average Bonchev–Trinajstić information content (AvgIpc) is 3.42. The van der Waals surface area contributed by atoms with Gasteiger partial charge in [-0.15, -0.1) is 0 Å². The molecule has 26 heavy (non-hydrogen) atoms. The molecule has 0 aliphatic heterocycles. The van der Waals surface area contributed by atoms with Crippen LogP contribution in [0.3, 0.4) is 0 Å². The Balaban J connectivity index is 1.32. The number of amides is 1. The molecule has 0 aliphatic rings. The van der Waals surface area contributed by atoms with E-state index in [-0.39, 0.29) is 11.6 Å². The lowest BCUT2D eigenvalue weighted by Crippen LogP contribution is -2.25. The second kappa shape index (κ2) is 7.10. The van der Waals surface area contributed by atoms with E-state index in [4.69, 9.17) is 13.5 Å². The summed E-state index contributed by atoms with van der Waals surface area (Å²) in [6, 6.07) is 16.6. The van der Waals surface area contributed by atoms with Gasteiger partial charge in [0, 0.05) is 30.7 Å². The molecule has 0 spiro atoms. The van der Waals surface area contributed by atoms with Gasteiger partial charge in [-0.05, 0) is 12.1 Å². The van der Waals surface area contributed by atoms with Crippen molar-refractivity contribution in [1.82, 2.24) is 15.6 Å². The van der Waals surface area contributed by atoms with Crippen LogP contribution in [0.25, 0.3) is 22.8 Å². The largest absolute Gasteiger partial charge is 0.461 e. The molecule has 0 atom stereocenters. The van der Waals surface area contributed by atoms with Crippen LogP contribution in [0.2, 0.25) is 0 Å². The molecule has 130 valence electrons. The van der Waals surface area contributed by atoms with Crippen LogP contribution in [0.15, 0.2) is 74.3 Å². The first-order chi connectivity index (χ1) is 12.8. The number of nitrogens with one attached hydrogen (secondary N) is 1. The number of hydrogen-bond acceptors (Lipinski definition) is 6. The maximum Gasteiger partial charge on any atom is 0.273 e. The van der Waals surface area contributed by atoms with Crippen LogP contribution in [0.5, 0.6) is 0 Å². The van der Waals surface area contributed by atoms with Crippen molar-refractivity contribution in [3.05, 3.63) is 72.2 Å². The first kappa shape index (κ1) is 15.9. The third kappa shape index (κ3) is 3.41. The lowest BCUT2D eigenvalue weighted by Gasteiger charge is -1.99. The lowest BCUT2D eigenvalue weighted by molar-refractivity contribution is 0.0945. The normalized spacial score (nSPS) is 10.8. The Bertz CT molecular complexity index is 987. The third-order valence-corrected chi connectivity index (χ3v) is 3.79. The Kier molecular flexibility index (Phi) is 4.34. The van der Waals surface area contributed by atoms with E-state index in [9.17, 15) is 4.79 Å². The van der Waals surface area contributed by atoms with Crippen molar-refractivity contribution in [3.8, 4) is 22.8 Å². The van der Waals surface area contributed by atoms with Gasteiger partial charge in [-0.25, -0.2) is 0 Å². The van der Waals surface area contributed by atoms with Gasteiger partial charge in [-0.1, -0.05) is 40.6 Å². The Labute approximate surface area is 148 Å². The molecule has 3 heterocycles. The summed E-state index contributed by atoms with van der Waals surface area (Å²) in [5, 5.41) is 10.6. The molecule has 4 rings (SSSR count). The van der Waals surface area contributed by atoms with Gasteiger partial charge >= 0.3 is 0 Å². The molecule has 0 unspecified atom stereocenters. The van der Waals surface area contributed by atoms with Crippen LogP contribution >= 0.6 is 0 Å². The molecule has 3 aromatic heterocycles. The predicted molar refractivity (Wildman–Crippen MR) is 92.2 cm³/mol. The molecule has 0 aliphatic carbocycles. The van der Waals surface area contributed by atoms with E-state index >= 15 is 0 Å². The fourth-order valence-corrected chi connectivity index (χ4v) is 2.48. The van der Waals surface area contributed by atoms with Crippen LogP contribution in [0.1, 0.15) is 16.2 Å². The van der Waals surface area contributed by atoms with Crippen LogP contribution < -0.4 is 5.32 Å². The van der Waals surface area contributed by atoms with Gasteiger partial charge in [0.25, 0.3) is 5.91 Å². The van der Waals surface area contributed by atoms with E-state index in [0.29, 0.717) is 30.2 Å². The van der Waals surface area contributed by atoms with E-state index < -0.39 is 0 Å². The fourth-order valence-electron chi connectivity index (χ4n) is 2.48. The van der Waals surface area contributed by atoms with Crippen molar-refractivity contribution in [2.45, 2.75) is 6.42 Å². The van der Waals surface area contributed by atoms with Crippen LogP contribution in [-0.4, -0.2) is 22.8 Å². The minimum absolute atomic E-state index is 0.196. The van der Waals surface area contributed by atoms with Crippen molar-refractivity contribution in [3.63, 3.8) is 0 Å². The summed E-state index contributed by atoms with van der Waals surface area (Å²) >= 11 is 0. The minimum Gasteiger partial charge on any atom is -0.461 e. The highest BCUT2D eigenvalue weighted by atomic mass is 16.5. The molecule has 0 fully saturated rings. The second-order valence-electron chi connectivity index (χ2n) is 5.61. The summed E-state index contributed by atoms with van der Waals surface area (Å²) in [6.45, 7) is 0.405. The molecule has 1 N–H and O–H groups in total. The minimum atomic E-state index is -0.321. The highest BCUT2D eigenvalue weighted by Gasteiger charge is 2.15. The topological polar surface area (TPSA) is 94.3 Å². The van der Waals surface area contributed by atoms with E-state index in [0.717, 1.165) is 11.3 Å². The van der Waals surface area contributed by atoms with E-state index in [1.54, 1.807) is 12.1 Å². The molecule has 0 saturated carbocycles. The first-order valence-electron chi connectivity index (χ1n) is 8.09. The van der Waals surface area contributed by atoms with Crippen molar-refractivity contribution in [2.24, 2.45) is 0 Å². The number of aromatic nitrogens is 2. The van der Waals surface area contributed by atoms with E-state index in [1.807, 2.05) is 36.4 Å². The number of furan rings is 1. The number of carbonyl (C=O) groups excluding carboxylic acids is 1. The number of rotatable bonds is 6. The zero-order valence-corrected chi connectivity index (χ0v) is 13.7. The van der Waals surface area contributed by atoms with Gasteiger partial charge < -0.3 is 18.8 Å². The maximum atomic E-state index is 12.1. The molecule has 4 aromatic rings. The first-order valence-corrected chi connectivity index (χ1v) is 8.09. The molecule has 0 saturated heterocycles. The van der Waals surface area contributed by atoms with Gasteiger partial charge in [0.05, 0.1) is 12.0 Å². The van der Waals surface area contributed by atoms with E-state index in [1.165, 1.54) is 12.3 Å². The Morgan fingerprint density at radius 2 is 1.77 bits per heavy atom. The molecular formula is C19H15N3O4. The Hall–Kier alpha value is -3.61. The quantitative estimate of drug-likeness (QED) is 0.572. The van der Waals surface area contributed by atoms with Crippen LogP contribution in [0.4, 0.5) is 0 Å². The maximum absolute atomic E-state index is 12.1. The van der Waals surface area contributed by atoms with Gasteiger partial charge in [-0.3, -0.25) is 4.79 Å². The zero-order valence-electron chi connectivity index (χ0n) is 13.7. The highest BCUT2D eigenvalue weighted by Crippen LogP contribution is 2.21. The molecule has 7 heteroatoms. The second-order valence-corrected chi connectivity index (χ2v) is 5.61. The van der Waals surface area contributed by atoms with Crippen LogP contribution in [0, 0.1) is 0 Å². The van der Waals surface area contributed by atoms with Crippen molar-refractivity contribution in [2.75, 3.05) is 6.54 Å². The number of hydrogen-bond donors (Lipinski definition) is 1. The summed E-state index contributed by atoms with van der Waals surface area (Å²) in [4.78, 5) is 12.1. The number of carbonyl (C=O) groups is 1. The Morgan fingerprint density at radius 3 is 2.58 bits per heavy atom. The molecular weight excluding hydrogens is 334 g/mol. The SMILES string of the molecule is O=C(NCCc1cc(-c2ccccc2)on1)c1cc(-c2ccco2)on1. The Morgan fingerprint density at radius 1 is 0.923 bits per heavy atom. The van der Waals surface area contributed by atoms with Crippen molar-refractivity contribution in [1.29, 1.82) is 0 Å². The third-order valence-electron chi connectivity index (χ3n) is 3.79. The number of nitrogens with zero attached hydrogens (tertiary/aromatic N) is 2. The summed E-state index contributed by atoms with van der Waals surface area (Å²) in [7, 11) is 0. The summed E-state index contributed by atoms with van der Waals surface area (Å²) in [5.74, 6) is 1.31. The van der Waals surface area contributed by atoms with Gasteiger partial charge in [-0.2, -0.15) is 0 Å². The van der Waals surface area contributed by atoms with Gasteiger partial charge in [0.2, 0.25) is 5.76 Å². The van der Waals surface area contributed by atoms with Crippen LogP contribution in [-0.2, 0) is 6.42 Å². The molecule has 1 aromatic carbocycles. The van der Waals surface area contributed by atoms with Gasteiger partial charge in [0.15, 0.2) is 17.2 Å². The van der Waals surface area contributed by atoms with Gasteiger partial charge in [0.1, 0.15) is 0 Å². The molecule has 1 amide bonds. The fraction of sp³-hybridized carbons (Fsp3) is 0.105. The lowest BCUT2D eigenvalue weighted by atomic mass is 10.1. The zero-order chi connectivity index (χ0) is 17.8. The molecule has 0 bridgehead atoms. The molecule has 0 radical (unpaired) electrons. The summed E-state index contributed by atoms with van der Waals surface area (Å²) < 4.78 is 15.7. The average molecular weight is 349 g/mol. The smallest absolute Gasteiger partial charge is 0.273 e. The van der Waals surface area contributed by atoms with Crippen molar-refractivity contribution < 1.29 is 18.3 Å². The highest BCUT2D eigenvalue weighted by molar-refractivity contribution is 5.92. The summed E-state index contributed by atoms with van der Waals surface area (Å²) in [5.41, 5.74) is 1.92. The number of benzene rings is 1. The van der Waals surface area contributed by atoms with E-state index in [2.05, 4.69) is 15.6 Å². The van der Waals surface area contributed by atoms with Crippen molar-refractivity contribution >= 4 is 5.91 Å². The predicted octanol–water partition coefficient (Wildman–Crippen LogP) is 3.56. The summed E-state index contributed by atoms with van der Waals surface area (Å²) in [6.07, 6.45) is 2.07.